The van der Waals surface area contributed by atoms with Crippen molar-refractivity contribution in [2.45, 2.75) is 23.8 Å². The zero-order valence-corrected chi connectivity index (χ0v) is 20.3. The van der Waals surface area contributed by atoms with Gasteiger partial charge in [0.1, 0.15) is 0 Å². The lowest BCUT2D eigenvalue weighted by Gasteiger charge is -2.42. The topological polar surface area (TPSA) is 88.5 Å². The van der Waals surface area contributed by atoms with Crippen LogP contribution in [-0.4, -0.2) is 36.3 Å². The highest BCUT2D eigenvalue weighted by Crippen LogP contribution is 2.37. The largest absolute Gasteiger partial charge is 0.322 e. The first-order chi connectivity index (χ1) is 17.4. The van der Waals surface area contributed by atoms with Gasteiger partial charge in [-0.15, -0.1) is 0 Å². The van der Waals surface area contributed by atoms with Gasteiger partial charge in [-0.1, -0.05) is 36.4 Å². The van der Waals surface area contributed by atoms with Gasteiger partial charge in [0.2, 0.25) is 10.0 Å². The van der Waals surface area contributed by atoms with Crippen LogP contribution in [0.2, 0.25) is 0 Å². The Bertz CT molecular complexity index is 1640. The molecule has 3 aromatic carbocycles. The van der Waals surface area contributed by atoms with Crippen LogP contribution in [0.1, 0.15) is 28.4 Å². The van der Waals surface area contributed by atoms with Gasteiger partial charge in [-0.2, -0.15) is 4.31 Å². The van der Waals surface area contributed by atoms with Crippen molar-refractivity contribution in [1.82, 2.24) is 8.87 Å². The second kappa shape index (κ2) is 8.72. The fraction of sp³-hybridized carbons (Fsp3) is 0.214. The number of pyridine rings is 1. The van der Waals surface area contributed by atoms with Gasteiger partial charge >= 0.3 is 0 Å². The Balaban J connectivity index is 1.19. The molecular weight excluding hydrogens is 474 g/mol. The third-order valence-corrected chi connectivity index (χ3v) is 9.05. The third-order valence-electron chi connectivity index (χ3n) is 7.21. The molecule has 8 heteroatoms. The maximum atomic E-state index is 13.4. The molecule has 36 heavy (non-hydrogen) atoms. The van der Waals surface area contributed by atoms with Crippen LogP contribution in [0.3, 0.4) is 0 Å². The van der Waals surface area contributed by atoms with Crippen LogP contribution in [0.5, 0.6) is 0 Å². The predicted octanol–water partition coefficient (Wildman–Crippen LogP) is 4.06. The molecule has 2 atom stereocenters. The van der Waals surface area contributed by atoms with Crippen molar-refractivity contribution in [2.75, 3.05) is 18.4 Å². The lowest BCUT2D eigenvalue weighted by atomic mass is 9.84. The number of rotatable bonds is 4. The number of hydrogen-bond donors (Lipinski definition) is 1. The van der Waals surface area contributed by atoms with Crippen molar-refractivity contribution >= 4 is 32.4 Å². The SMILES string of the molecule is O=C(Nc1ccc(S(=O)(=O)N2C[C@H]3C[C@@H](C2)c2cccc(=O)n2C3)cc1)c1ccc2ccccc2c1. The quantitative estimate of drug-likeness (QED) is 0.459. The van der Waals surface area contributed by atoms with Crippen LogP contribution in [0, 0.1) is 5.92 Å². The van der Waals surface area contributed by atoms with Gasteiger partial charge in [0.15, 0.2) is 0 Å². The molecular formula is C28H25N3O4S. The Kier molecular flexibility index (Phi) is 5.50. The Morgan fingerprint density at radius 2 is 1.61 bits per heavy atom. The average Bonchev–Trinajstić information content (AvgIpc) is 2.89. The van der Waals surface area contributed by atoms with Crippen molar-refractivity contribution in [3.8, 4) is 0 Å². The van der Waals surface area contributed by atoms with E-state index < -0.39 is 10.0 Å². The fourth-order valence-corrected chi connectivity index (χ4v) is 7.00. The number of nitrogens with one attached hydrogen (secondary N) is 1. The summed E-state index contributed by atoms with van der Waals surface area (Å²) in [7, 11) is -3.71. The van der Waals surface area contributed by atoms with Gasteiger partial charge in [0, 0.05) is 48.6 Å². The van der Waals surface area contributed by atoms with E-state index in [1.807, 2.05) is 42.5 Å². The van der Waals surface area contributed by atoms with Crippen LogP contribution in [0.15, 0.2) is 94.6 Å². The summed E-state index contributed by atoms with van der Waals surface area (Å²) in [6, 6.07) is 24.9. The number of carbonyl (C=O) groups is 1. The van der Waals surface area contributed by atoms with Gasteiger partial charge < -0.3 is 9.88 Å². The standard InChI is InChI=1S/C28H25N3O4S/c32-27-7-3-6-26-23-14-19(17-31(26)27)16-30(18-23)36(34,35)25-12-10-24(11-13-25)29-28(33)22-9-8-20-4-1-2-5-21(20)15-22/h1-13,15,19,23H,14,16-18H2,(H,29,33)/t19-,23+/m1/s1. The zero-order chi connectivity index (χ0) is 24.9. The highest BCUT2D eigenvalue weighted by atomic mass is 32.2. The molecule has 0 unspecified atom stereocenters. The number of piperidine rings is 1. The van der Waals surface area contributed by atoms with Crippen LogP contribution < -0.4 is 10.9 Å². The molecule has 6 rings (SSSR count). The Hall–Kier alpha value is -3.75. The first-order valence-corrected chi connectivity index (χ1v) is 13.4. The molecule has 3 heterocycles. The molecule has 7 nitrogen and oxygen atoms in total. The molecule has 1 amide bonds. The fourth-order valence-electron chi connectivity index (χ4n) is 5.44. The second-order valence-corrected chi connectivity index (χ2v) is 11.5. The van der Waals surface area contributed by atoms with E-state index in [2.05, 4.69) is 5.32 Å². The molecule has 2 bridgehead atoms. The minimum Gasteiger partial charge on any atom is -0.322 e. The van der Waals surface area contributed by atoms with E-state index in [0.29, 0.717) is 30.9 Å². The van der Waals surface area contributed by atoms with Crippen LogP contribution in [0.4, 0.5) is 5.69 Å². The maximum absolute atomic E-state index is 13.4. The van der Waals surface area contributed by atoms with E-state index in [0.717, 1.165) is 22.9 Å². The highest BCUT2D eigenvalue weighted by molar-refractivity contribution is 7.89. The number of carbonyl (C=O) groups excluding carboxylic acids is 1. The van der Waals surface area contributed by atoms with Crippen molar-refractivity contribution in [3.05, 3.63) is 107 Å². The number of nitrogens with zero attached hydrogens (tertiary/aromatic N) is 2. The van der Waals surface area contributed by atoms with E-state index in [9.17, 15) is 18.0 Å². The molecule has 0 aliphatic carbocycles. The first kappa shape index (κ1) is 22.7. The van der Waals surface area contributed by atoms with Crippen molar-refractivity contribution in [1.29, 1.82) is 0 Å². The van der Waals surface area contributed by atoms with E-state index in [-0.39, 0.29) is 28.2 Å². The molecule has 4 aromatic rings. The van der Waals surface area contributed by atoms with Gasteiger partial charge in [0.05, 0.1) is 4.90 Å². The minimum atomic E-state index is -3.71. The van der Waals surface area contributed by atoms with Crippen LogP contribution >= 0.6 is 0 Å². The molecule has 0 spiro atoms. The zero-order valence-electron chi connectivity index (χ0n) is 19.5. The molecule has 1 saturated heterocycles. The number of sulfonamides is 1. The van der Waals surface area contributed by atoms with Gasteiger partial charge in [-0.3, -0.25) is 9.59 Å². The molecule has 1 aromatic heterocycles. The molecule has 182 valence electrons. The average molecular weight is 500 g/mol. The van der Waals surface area contributed by atoms with Crippen molar-refractivity contribution in [2.24, 2.45) is 5.92 Å². The molecule has 2 aliphatic heterocycles. The highest BCUT2D eigenvalue weighted by Gasteiger charge is 2.39. The normalized spacial score (nSPS) is 19.6. The molecule has 1 fully saturated rings. The Morgan fingerprint density at radius 1 is 0.833 bits per heavy atom. The Labute approximate surface area is 209 Å². The van der Waals surface area contributed by atoms with Crippen LogP contribution in [0.25, 0.3) is 10.8 Å². The van der Waals surface area contributed by atoms with E-state index in [1.54, 1.807) is 34.9 Å². The second-order valence-electron chi connectivity index (χ2n) is 9.56. The van der Waals surface area contributed by atoms with Crippen molar-refractivity contribution in [3.63, 3.8) is 0 Å². The number of fused-ring (bicyclic) bond motifs is 5. The smallest absolute Gasteiger partial charge is 0.255 e. The lowest BCUT2D eigenvalue weighted by Crippen LogP contribution is -2.48. The molecule has 0 radical (unpaired) electrons. The maximum Gasteiger partial charge on any atom is 0.255 e. The Morgan fingerprint density at radius 3 is 2.42 bits per heavy atom. The molecule has 2 aliphatic rings. The number of aromatic nitrogens is 1. The first-order valence-electron chi connectivity index (χ1n) is 12.0. The summed E-state index contributed by atoms with van der Waals surface area (Å²) in [6.07, 6.45) is 0.884. The summed E-state index contributed by atoms with van der Waals surface area (Å²) < 4.78 is 30.2. The van der Waals surface area contributed by atoms with E-state index in [1.165, 1.54) is 16.4 Å². The number of hydrogen-bond acceptors (Lipinski definition) is 4. The monoisotopic (exact) mass is 499 g/mol. The van der Waals surface area contributed by atoms with E-state index >= 15 is 0 Å². The van der Waals surface area contributed by atoms with Gasteiger partial charge in [-0.25, -0.2) is 8.42 Å². The molecule has 0 saturated carbocycles. The van der Waals surface area contributed by atoms with Crippen LogP contribution in [-0.2, 0) is 16.6 Å². The minimum absolute atomic E-state index is 0.00156. The summed E-state index contributed by atoms with van der Waals surface area (Å²) >= 11 is 0. The summed E-state index contributed by atoms with van der Waals surface area (Å²) in [6.45, 7) is 1.28. The third kappa shape index (κ3) is 4.02. The summed E-state index contributed by atoms with van der Waals surface area (Å²) in [5, 5.41) is 4.88. The number of anilines is 1. The predicted molar refractivity (Wildman–Crippen MR) is 139 cm³/mol. The lowest BCUT2D eigenvalue weighted by molar-refractivity contribution is 0.102. The number of benzene rings is 3. The molecule has 1 N–H and O–H groups in total. The summed E-state index contributed by atoms with van der Waals surface area (Å²) in [5.74, 6) is -0.151. The summed E-state index contributed by atoms with van der Waals surface area (Å²) in [5.41, 5.74) is 1.94. The number of amides is 1. The van der Waals surface area contributed by atoms with Gasteiger partial charge in [0.25, 0.3) is 11.5 Å². The summed E-state index contributed by atoms with van der Waals surface area (Å²) in [4.78, 5) is 25.2. The van der Waals surface area contributed by atoms with Crippen molar-refractivity contribution < 1.29 is 13.2 Å². The van der Waals surface area contributed by atoms with E-state index in [4.69, 9.17) is 0 Å². The van der Waals surface area contributed by atoms with Gasteiger partial charge in [-0.05, 0) is 65.6 Å².